The molecule has 0 radical (unpaired) electrons. The molecule has 5 N–H and O–H groups in total. The molecule has 2 heterocycles. The first-order valence-electron chi connectivity index (χ1n) is 6.04. The van der Waals surface area contributed by atoms with Crippen LogP contribution in [-0.2, 0) is 10.4 Å². The minimum atomic E-state index is -4.67. The van der Waals surface area contributed by atoms with Gasteiger partial charge >= 0.3 is 10.4 Å². The van der Waals surface area contributed by atoms with Crippen molar-refractivity contribution < 1.29 is 41.5 Å². The van der Waals surface area contributed by atoms with Gasteiger partial charge in [0.15, 0.2) is 11.6 Å². The number of rotatable bonds is 1. The van der Waals surface area contributed by atoms with Crippen LogP contribution in [-0.4, -0.2) is 42.7 Å². The van der Waals surface area contributed by atoms with Crippen LogP contribution in [0.15, 0.2) is 40.2 Å². The van der Waals surface area contributed by atoms with Gasteiger partial charge in [-0.25, -0.2) is 8.78 Å². The van der Waals surface area contributed by atoms with Crippen LogP contribution in [0.2, 0.25) is 0 Å². The van der Waals surface area contributed by atoms with Gasteiger partial charge in [0.2, 0.25) is 0 Å². The average molecular weight is 432 g/mol. The van der Waals surface area contributed by atoms with E-state index in [1.54, 1.807) is 0 Å². The van der Waals surface area contributed by atoms with Crippen LogP contribution in [0.3, 0.4) is 0 Å². The summed E-state index contributed by atoms with van der Waals surface area (Å²) in [4.78, 5) is 42.1. The monoisotopic (exact) mass is 432 g/mol. The fraction of sp³-hybridized carbons (Fsp3) is 0. The molecule has 0 bridgehead atoms. The van der Waals surface area contributed by atoms with Gasteiger partial charge < -0.3 is 15.2 Å². The number of H-pyrrole nitrogens is 2. The lowest BCUT2D eigenvalue weighted by molar-refractivity contribution is -0.742. The zero-order valence-corrected chi connectivity index (χ0v) is 13.9. The van der Waals surface area contributed by atoms with Gasteiger partial charge in [0.05, 0.1) is 17.2 Å². The predicted octanol–water partition coefficient (Wildman–Crippen LogP) is -0.0643. The smallest absolute Gasteiger partial charge is 0.328 e. The van der Waals surface area contributed by atoms with Crippen molar-refractivity contribution >= 4 is 16.1 Å². The number of nitro groups is 1. The molecule has 0 amide bonds. The number of aromatic amines is 2. The van der Waals surface area contributed by atoms with Crippen LogP contribution in [0.4, 0.5) is 14.5 Å². The maximum atomic E-state index is 12.3. The Morgan fingerprint density at radius 3 is 1.71 bits per heavy atom. The first-order valence-corrected chi connectivity index (χ1v) is 7.43. The first-order chi connectivity index (χ1) is 12.6. The predicted molar refractivity (Wildman–Crippen MR) is 83.7 cm³/mol. The van der Waals surface area contributed by atoms with Crippen LogP contribution in [0.25, 0.3) is 0 Å². The zero-order chi connectivity index (χ0) is 22.5. The van der Waals surface area contributed by atoms with E-state index in [0.717, 1.165) is 12.3 Å². The molecular formula is C10H10F2N4O11S. The number of aromatic nitrogens is 2. The molecule has 2 aromatic heterocycles. The van der Waals surface area contributed by atoms with E-state index in [-0.39, 0.29) is 0 Å². The second-order valence-electron chi connectivity index (χ2n) is 3.82. The van der Waals surface area contributed by atoms with E-state index >= 15 is 0 Å². The third kappa shape index (κ3) is 17.1. The minimum Gasteiger partial charge on any atom is -0.328 e. The molecule has 15 nitrogen and oxygen atoms in total. The van der Waals surface area contributed by atoms with Gasteiger partial charge in [-0.3, -0.25) is 28.8 Å². The van der Waals surface area contributed by atoms with Gasteiger partial charge in [-0.1, -0.05) is 0 Å². The zero-order valence-electron chi connectivity index (χ0n) is 13.1. The SMILES string of the molecule is O=S(=O)(O)O.O=[N+]([O-])O.O=c1[nH]cc([N+](=O)[O-])cc1F.O=c1[nH]cccc1F. The lowest BCUT2D eigenvalue weighted by Gasteiger charge is -1.88. The summed E-state index contributed by atoms with van der Waals surface area (Å²) in [5.41, 5.74) is -2.11. The third-order valence-corrected chi connectivity index (χ3v) is 1.82. The van der Waals surface area contributed by atoms with Crippen molar-refractivity contribution in [3.63, 3.8) is 0 Å². The Kier molecular flexibility index (Phi) is 11.9. The van der Waals surface area contributed by atoms with Gasteiger partial charge in [0.25, 0.3) is 21.9 Å². The molecule has 0 unspecified atom stereocenters. The summed E-state index contributed by atoms with van der Waals surface area (Å²) >= 11 is 0. The molecule has 18 heteroatoms. The van der Waals surface area contributed by atoms with E-state index in [9.17, 15) is 28.5 Å². The lowest BCUT2D eigenvalue weighted by atomic mass is 10.4. The highest BCUT2D eigenvalue weighted by Crippen LogP contribution is 2.06. The van der Waals surface area contributed by atoms with Crippen molar-refractivity contribution in [3.05, 3.63) is 83.2 Å². The topological polar surface area (TPSA) is 247 Å². The third-order valence-electron chi connectivity index (χ3n) is 1.82. The summed E-state index contributed by atoms with van der Waals surface area (Å²) in [6.07, 6.45) is 2.22. The van der Waals surface area contributed by atoms with Crippen LogP contribution >= 0.6 is 0 Å². The molecular weight excluding hydrogens is 422 g/mol. The fourth-order valence-electron chi connectivity index (χ4n) is 0.952. The Morgan fingerprint density at radius 1 is 1.00 bits per heavy atom. The summed E-state index contributed by atoms with van der Waals surface area (Å²) < 4.78 is 55.8. The molecule has 0 aliphatic heterocycles. The van der Waals surface area contributed by atoms with E-state index < -0.39 is 48.8 Å². The Morgan fingerprint density at radius 2 is 1.43 bits per heavy atom. The number of hydrogen-bond acceptors (Lipinski definition) is 8. The standard InChI is InChI=1S/C5H3FN2O3.C5H4FNO.HNO3.H2O4S/c6-4-1-3(8(10)11)2-7-5(4)9;6-4-2-1-3-7-5(4)8;2-1(3)4;1-5(2,3)4/h1-2H,(H,7,9);1-3H,(H,7,8);(H,2,3,4);(H2,1,2,3,4). The first kappa shape index (κ1) is 26.5. The highest BCUT2D eigenvalue weighted by atomic mass is 32.3. The normalized spacial score (nSPS) is 9.29. The summed E-state index contributed by atoms with van der Waals surface area (Å²) in [6.45, 7) is 0. The molecule has 156 valence electrons. The summed E-state index contributed by atoms with van der Waals surface area (Å²) in [5, 5.41) is 23.6. The number of nitrogens with one attached hydrogen (secondary N) is 2. The summed E-state index contributed by atoms with van der Waals surface area (Å²) in [6, 6.07) is 3.11. The number of nitrogens with zero attached hydrogens (tertiary/aromatic N) is 2. The molecule has 0 aliphatic rings. The molecule has 0 atom stereocenters. The van der Waals surface area contributed by atoms with E-state index in [0.29, 0.717) is 6.07 Å². The summed E-state index contributed by atoms with van der Waals surface area (Å²) in [7, 11) is -4.67. The van der Waals surface area contributed by atoms with Crippen LogP contribution in [0.5, 0.6) is 0 Å². The largest absolute Gasteiger partial charge is 0.394 e. The average Bonchev–Trinajstić information content (AvgIpc) is 2.51. The second-order valence-corrected chi connectivity index (χ2v) is 4.72. The maximum absolute atomic E-state index is 12.3. The number of hydrogen-bond donors (Lipinski definition) is 5. The van der Waals surface area contributed by atoms with Gasteiger partial charge in [-0.15, -0.1) is 10.1 Å². The van der Waals surface area contributed by atoms with Crippen molar-refractivity contribution in [2.75, 3.05) is 0 Å². The van der Waals surface area contributed by atoms with Gasteiger partial charge in [-0.05, 0) is 12.1 Å². The highest BCUT2D eigenvalue weighted by Gasteiger charge is 2.08. The molecule has 0 saturated heterocycles. The molecule has 2 aromatic rings. The van der Waals surface area contributed by atoms with Gasteiger partial charge in [-0.2, -0.15) is 8.42 Å². The van der Waals surface area contributed by atoms with E-state index in [2.05, 4.69) is 4.98 Å². The second kappa shape index (κ2) is 12.6. The molecule has 2 rings (SSSR count). The van der Waals surface area contributed by atoms with Crippen molar-refractivity contribution in [3.8, 4) is 0 Å². The molecule has 0 spiro atoms. The lowest BCUT2D eigenvalue weighted by Crippen LogP contribution is -2.09. The van der Waals surface area contributed by atoms with E-state index in [1.165, 1.54) is 12.3 Å². The summed E-state index contributed by atoms with van der Waals surface area (Å²) in [5.74, 6) is -1.90. The Hall–Kier alpha value is -3.77. The molecule has 0 aromatic carbocycles. The van der Waals surface area contributed by atoms with E-state index in [4.69, 9.17) is 32.8 Å². The van der Waals surface area contributed by atoms with Crippen molar-refractivity contribution in [2.45, 2.75) is 0 Å². The van der Waals surface area contributed by atoms with Crippen LogP contribution < -0.4 is 11.1 Å². The van der Waals surface area contributed by atoms with E-state index in [1.807, 2.05) is 4.98 Å². The molecule has 28 heavy (non-hydrogen) atoms. The molecule has 0 aliphatic carbocycles. The number of pyridine rings is 2. The number of halogens is 2. The minimum absolute atomic E-state index is 0.470. The van der Waals surface area contributed by atoms with Crippen LogP contribution in [0.1, 0.15) is 0 Å². The van der Waals surface area contributed by atoms with Crippen molar-refractivity contribution in [1.29, 1.82) is 0 Å². The van der Waals surface area contributed by atoms with Crippen LogP contribution in [0, 0.1) is 31.9 Å². The highest BCUT2D eigenvalue weighted by molar-refractivity contribution is 7.79. The maximum Gasteiger partial charge on any atom is 0.394 e. The van der Waals surface area contributed by atoms with Gasteiger partial charge in [0.1, 0.15) is 0 Å². The van der Waals surface area contributed by atoms with Gasteiger partial charge in [0, 0.05) is 6.20 Å². The van der Waals surface area contributed by atoms with Crippen molar-refractivity contribution in [1.82, 2.24) is 9.97 Å². The Bertz CT molecular complexity index is 993. The molecule has 0 fully saturated rings. The van der Waals surface area contributed by atoms with Crippen molar-refractivity contribution in [2.24, 2.45) is 0 Å². The Labute approximate surface area is 151 Å². The Balaban J connectivity index is 0. The quantitative estimate of drug-likeness (QED) is 0.227. The fourth-order valence-corrected chi connectivity index (χ4v) is 0.952. The molecule has 0 saturated carbocycles.